The van der Waals surface area contributed by atoms with E-state index in [2.05, 4.69) is 46.4 Å². The lowest BCUT2D eigenvalue weighted by molar-refractivity contribution is 0.254. The van der Waals surface area contributed by atoms with Crippen LogP contribution in [0.5, 0.6) is 0 Å². The fourth-order valence-electron chi connectivity index (χ4n) is 2.67. The summed E-state index contributed by atoms with van der Waals surface area (Å²) >= 11 is 0. The normalized spacial score (nSPS) is 10.9. The Labute approximate surface area is 117 Å². The number of anilines is 1. The van der Waals surface area contributed by atoms with Crippen molar-refractivity contribution in [2.45, 2.75) is 13.5 Å². The molecule has 1 heterocycles. The van der Waals surface area contributed by atoms with Crippen LogP contribution in [0.4, 0.5) is 10.5 Å². The van der Waals surface area contributed by atoms with E-state index in [1.54, 1.807) is 7.05 Å². The Balaban J connectivity index is 2.23. The van der Waals surface area contributed by atoms with Crippen LogP contribution in [0.25, 0.3) is 21.8 Å². The molecule has 0 atom stereocenters. The van der Waals surface area contributed by atoms with Crippen molar-refractivity contribution in [3.8, 4) is 0 Å². The molecule has 0 saturated heterocycles. The van der Waals surface area contributed by atoms with E-state index in [1.807, 2.05) is 18.2 Å². The van der Waals surface area contributed by atoms with Crippen molar-refractivity contribution in [3.05, 3.63) is 42.5 Å². The van der Waals surface area contributed by atoms with Crippen molar-refractivity contribution < 1.29 is 4.79 Å². The summed E-state index contributed by atoms with van der Waals surface area (Å²) < 4.78 is 2.29. The lowest BCUT2D eigenvalue weighted by Gasteiger charge is -2.05. The fraction of sp³-hybridized carbons (Fsp3) is 0.188. The molecule has 2 amide bonds. The molecule has 0 radical (unpaired) electrons. The number of para-hydroxylation sites is 1. The number of amides is 2. The first-order valence-electron chi connectivity index (χ1n) is 6.74. The topological polar surface area (TPSA) is 46.1 Å². The van der Waals surface area contributed by atoms with Gasteiger partial charge in [0.05, 0.1) is 0 Å². The predicted molar refractivity (Wildman–Crippen MR) is 83.2 cm³/mol. The summed E-state index contributed by atoms with van der Waals surface area (Å²) in [4.78, 5) is 11.4. The highest BCUT2D eigenvalue weighted by atomic mass is 16.2. The minimum Gasteiger partial charge on any atom is -0.341 e. The van der Waals surface area contributed by atoms with E-state index in [4.69, 9.17) is 0 Å². The Morgan fingerprint density at radius 2 is 1.85 bits per heavy atom. The van der Waals surface area contributed by atoms with Gasteiger partial charge in [0.15, 0.2) is 0 Å². The molecular formula is C16H17N3O. The minimum absolute atomic E-state index is 0.205. The van der Waals surface area contributed by atoms with E-state index in [-0.39, 0.29) is 6.03 Å². The molecule has 0 aliphatic carbocycles. The molecule has 0 bridgehead atoms. The van der Waals surface area contributed by atoms with Gasteiger partial charge in [0, 0.05) is 41.1 Å². The number of nitrogens with one attached hydrogen (secondary N) is 2. The van der Waals surface area contributed by atoms with E-state index < -0.39 is 0 Å². The monoisotopic (exact) mass is 267 g/mol. The summed E-state index contributed by atoms with van der Waals surface area (Å²) in [5.74, 6) is 0. The lowest BCUT2D eigenvalue weighted by atomic mass is 10.1. The number of fused-ring (bicyclic) bond motifs is 3. The third kappa shape index (κ3) is 1.90. The quantitative estimate of drug-likeness (QED) is 0.732. The van der Waals surface area contributed by atoms with Gasteiger partial charge in [0.25, 0.3) is 0 Å². The number of hydrogen-bond donors (Lipinski definition) is 2. The first-order chi connectivity index (χ1) is 9.74. The zero-order chi connectivity index (χ0) is 14.1. The second-order valence-electron chi connectivity index (χ2n) is 4.70. The smallest absolute Gasteiger partial charge is 0.318 e. The van der Waals surface area contributed by atoms with Crippen molar-refractivity contribution in [3.63, 3.8) is 0 Å². The van der Waals surface area contributed by atoms with E-state index in [0.29, 0.717) is 0 Å². The third-order valence-corrected chi connectivity index (χ3v) is 3.57. The zero-order valence-electron chi connectivity index (χ0n) is 11.6. The Kier molecular flexibility index (Phi) is 3.06. The number of benzene rings is 2. The standard InChI is InChI=1S/C16H17N3O/c1-3-19-14-7-5-4-6-12(14)13-10-11(8-9-15(13)19)18-16(20)17-2/h4-10H,3H2,1-2H3,(H2,17,18,20). The maximum atomic E-state index is 11.4. The van der Waals surface area contributed by atoms with Crippen molar-refractivity contribution >= 4 is 33.5 Å². The molecule has 3 aromatic rings. The van der Waals surface area contributed by atoms with Crippen molar-refractivity contribution in [1.29, 1.82) is 0 Å². The third-order valence-electron chi connectivity index (χ3n) is 3.57. The average Bonchev–Trinajstić information content (AvgIpc) is 2.80. The number of urea groups is 1. The fourth-order valence-corrected chi connectivity index (χ4v) is 2.67. The number of hydrogen-bond acceptors (Lipinski definition) is 1. The van der Waals surface area contributed by atoms with E-state index in [1.165, 1.54) is 16.4 Å². The number of carbonyl (C=O) groups is 1. The SMILES string of the molecule is CCn1c2ccccc2c2cc(NC(=O)NC)ccc21. The van der Waals surface area contributed by atoms with Crippen LogP contribution in [0.15, 0.2) is 42.5 Å². The Hall–Kier alpha value is -2.49. The molecule has 20 heavy (non-hydrogen) atoms. The molecule has 0 aliphatic heterocycles. The second-order valence-corrected chi connectivity index (χ2v) is 4.70. The highest BCUT2D eigenvalue weighted by molar-refractivity contribution is 6.09. The van der Waals surface area contributed by atoms with Gasteiger partial charge >= 0.3 is 6.03 Å². The summed E-state index contributed by atoms with van der Waals surface area (Å²) in [5, 5.41) is 7.75. The summed E-state index contributed by atoms with van der Waals surface area (Å²) in [5.41, 5.74) is 3.22. The van der Waals surface area contributed by atoms with Gasteiger partial charge in [-0.25, -0.2) is 4.79 Å². The van der Waals surface area contributed by atoms with Gasteiger partial charge in [-0.2, -0.15) is 0 Å². The average molecular weight is 267 g/mol. The number of nitrogens with zero attached hydrogens (tertiary/aromatic N) is 1. The van der Waals surface area contributed by atoms with E-state index in [9.17, 15) is 4.79 Å². The maximum Gasteiger partial charge on any atom is 0.318 e. The molecule has 0 aliphatic rings. The van der Waals surface area contributed by atoms with Crippen LogP contribution in [-0.4, -0.2) is 17.6 Å². The molecule has 0 spiro atoms. The molecule has 102 valence electrons. The van der Waals surface area contributed by atoms with Crippen LogP contribution in [0, 0.1) is 0 Å². The molecular weight excluding hydrogens is 250 g/mol. The van der Waals surface area contributed by atoms with Crippen LogP contribution in [0.1, 0.15) is 6.92 Å². The molecule has 3 rings (SSSR count). The molecule has 4 heteroatoms. The number of aromatic nitrogens is 1. The van der Waals surface area contributed by atoms with Crippen LogP contribution in [0.2, 0.25) is 0 Å². The summed E-state index contributed by atoms with van der Waals surface area (Å²) in [6, 6.07) is 14.2. The first kappa shape index (κ1) is 12.5. The highest BCUT2D eigenvalue weighted by Crippen LogP contribution is 2.30. The molecule has 4 nitrogen and oxygen atoms in total. The summed E-state index contributed by atoms with van der Waals surface area (Å²) in [7, 11) is 1.61. The predicted octanol–water partition coefficient (Wildman–Crippen LogP) is 3.57. The lowest BCUT2D eigenvalue weighted by Crippen LogP contribution is -2.24. The number of carbonyl (C=O) groups excluding carboxylic acids is 1. The zero-order valence-corrected chi connectivity index (χ0v) is 11.6. The molecule has 2 aromatic carbocycles. The van der Waals surface area contributed by atoms with Crippen LogP contribution < -0.4 is 10.6 Å². The number of rotatable bonds is 2. The molecule has 1 aromatic heterocycles. The second kappa shape index (κ2) is 4.89. The molecule has 0 unspecified atom stereocenters. The summed E-state index contributed by atoms with van der Waals surface area (Å²) in [6.45, 7) is 3.06. The summed E-state index contributed by atoms with van der Waals surface area (Å²) in [6.07, 6.45) is 0. The van der Waals surface area contributed by atoms with Gasteiger partial charge in [-0.05, 0) is 31.2 Å². The van der Waals surface area contributed by atoms with Gasteiger partial charge in [0.2, 0.25) is 0 Å². The van der Waals surface area contributed by atoms with Crippen LogP contribution in [-0.2, 0) is 6.54 Å². The molecule has 0 fully saturated rings. The van der Waals surface area contributed by atoms with Crippen LogP contribution >= 0.6 is 0 Å². The Morgan fingerprint density at radius 3 is 2.60 bits per heavy atom. The van der Waals surface area contributed by atoms with Gasteiger partial charge < -0.3 is 15.2 Å². The Bertz CT molecular complexity index is 789. The largest absolute Gasteiger partial charge is 0.341 e. The number of aryl methyl sites for hydroxylation is 1. The van der Waals surface area contributed by atoms with Crippen molar-refractivity contribution in [2.75, 3.05) is 12.4 Å². The van der Waals surface area contributed by atoms with Gasteiger partial charge in [-0.1, -0.05) is 18.2 Å². The molecule has 0 saturated carbocycles. The maximum absolute atomic E-state index is 11.4. The van der Waals surface area contributed by atoms with Crippen LogP contribution in [0.3, 0.4) is 0 Å². The minimum atomic E-state index is -0.205. The van der Waals surface area contributed by atoms with Crippen molar-refractivity contribution in [1.82, 2.24) is 9.88 Å². The van der Waals surface area contributed by atoms with Gasteiger partial charge in [-0.15, -0.1) is 0 Å². The van der Waals surface area contributed by atoms with Gasteiger partial charge in [-0.3, -0.25) is 0 Å². The van der Waals surface area contributed by atoms with E-state index in [0.717, 1.165) is 17.6 Å². The Morgan fingerprint density at radius 1 is 1.10 bits per heavy atom. The van der Waals surface area contributed by atoms with Gasteiger partial charge in [0.1, 0.15) is 0 Å². The van der Waals surface area contributed by atoms with Crippen molar-refractivity contribution in [2.24, 2.45) is 0 Å². The highest BCUT2D eigenvalue weighted by Gasteiger charge is 2.10. The van der Waals surface area contributed by atoms with E-state index >= 15 is 0 Å². The molecule has 2 N–H and O–H groups in total. The first-order valence-corrected chi connectivity index (χ1v) is 6.74.